The van der Waals surface area contributed by atoms with Gasteiger partial charge in [-0.1, -0.05) is 11.6 Å². The molecule has 17 heavy (non-hydrogen) atoms. The van der Waals surface area contributed by atoms with Gasteiger partial charge in [0.2, 0.25) is 0 Å². The zero-order chi connectivity index (χ0) is 12.3. The van der Waals surface area contributed by atoms with E-state index in [1.54, 1.807) is 0 Å². The molecule has 0 saturated carbocycles. The zero-order valence-electron chi connectivity index (χ0n) is 10.2. The van der Waals surface area contributed by atoms with E-state index in [1.807, 2.05) is 25.2 Å². The number of hydrogen-bond acceptors (Lipinski definition) is 3. The zero-order valence-corrected chi connectivity index (χ0v) is 10.9. The first-order valence-electron chi connectivity index (χ1n) is 6.04. The summed E-state index contributed by atoms with van der Waals surface area (Å²) in [6, 6.07) is 5.56. The van der Waals surface area contributed by atoms with E-state index in [0.717, 1.165) is 30.9 Å². The number of ether oxygens (including phenoxy) is 1. The first kappa shape index (κ1) is 12.5. The SMILES string of the molecule is CN(CC1CCCCO1)c1cc(Cl)ccc1N. The molecule has 1 heterocycles. The molecule has 2 N–H and O–H groups in total. The summed E-state index contributed by atoms with van der Waals surface area (Å²) >= 11 is 5.99. The van der Waals surface area contributed by atoms with E-state index in [0.29, 0.717) is 11.1 Å². The van der Waals surface area contributed by atoms with Crippen LogP contribution in [-0.2, 0) is 4.74 Å². The Hall–Kier alpha value is -0.930. The number of nitrogen functional groups attached to an aromatic ring is 1. The van der Waals surface area contributed by atoms with Crippen LogP contribution in [0, 0.1) is 0 Å². The van der Waals surface area contributed by atoms with Crippen LogP contribution in [0.4, 0.5) is 11.4 Å². The molecule has 1 saturated heterocycles. The molecule has 0 aliphatic carbocycles. The Balaban J connectivity index is 2.02. The quantitative estimate of drug-likeness (QED) is 0.843. The maximum absolute atomic E-state index is 5.99. The highest BCUT2D eigenvalue weighted by Gasteiger charge is 2.17. The second-order valence-corrected chi connectivity index (χ2v) is 5.01. The highest BCUT2D eigenvalue weighted by molar-refractivity contribution is 6.31. The largest absolute Gasteiger partial charge is 0.397 e. The summed E-state index contributed by atoms with van der Waals surface area (Å²) in [6.45, 7) is 1.74. The van der Waals surface area contributed by atoms with Crippen molar-refractivity contribution in [2.45, 2.75) is 25.4 Å². The molecule has 1 unspecified atom stereocenters. The maximum atomic E-state index is 5.99. The van der Waals surface area contributed by atoms with Gasteiger partial charge in [-0.25, -0.2) is 0 Å². The molecule has 0 bridgehead atoms. The van der Waals surface area contributed by atoms with Gasteiger partial charge in [0, 0.05) is 25.2 Å². The summed E-state index contributed by atoms with van der Waals surface area (Å²) in [5.74, 6) is 0. The third-order valence-corrected chi connectivity index (χ3v) is 3.39. The fraction of sp³-hybridized carbons (Fsp3) is 0.538. The number of hydrogen-bond donors (Lipinski definition) is 1. The van der Waals surface area contributed by atoms with Gasteiger partial charge in [-0.3, -0.25) is 0 Å². The van der Waals surface area contributed by atoms with E-state index >= 15 is 0 Å². The minimum atomic E-state index is 0.312. The Morgan fingerprint density at radius 3 is 3.00 bits per heavy atom. The molecule has 1 aliphatic rings. The first-order chi connectivity index (χ1) is 8.16. The fourth-order valence-electron chi connectivity index (χ4n) is 2.20. The Labute approximate surface area is 107 Å². The van der Waals surface area contributed by atoms with E-state index in [4.69, 9.17) is 22.1 Å². The summed E-state index contributed by atoms with van der Waals surface area (Å²) in [7, 11) is 2.03. The Morgan fingerprint density at radius 1 is 1.47 bits per heavy atom. The van der Waals surface area contributed by atoms with Crippen molar-refractivity contribution >= 4 is 23.0 Å². The van der Waals surface area contributed by atoms with Crippen LogP contribution in [0.15, 0.2) is 18.2 Å². The van der Waals surface area contributed by atoms with Gasteiger partial charge in [-0.05, 0) is 37.5 Å². The summed E-state index contributed by atoms with van der Waals surface area (Å²) in [5, 5.41) is 0.714. The summed E-state index contributed by atoms with van der Waals surface area (Å²) in [6.07, 6.45) is 3.88. The smallest absolute Gasteiger partial charge is 0.0749 e. The Bertz CT molecular complexity index is 378. The molecule has 0 amide bonds. The van der Waals surface area contributed by atoms with Gasteiger partial charge in [-0.15, -0.1) is 0 Å². The topological polar surface area (TPSA) is 38.5 Å². The maximum Gasteiger partial charge on any atom is 0.0749 e. The first-order valence-corrected chi connectivity index (χ1v) is 6.42. The van der Waals surface area contributed by atoms with E-state index in [-0.39, 0.29) is 0 Å². The second-order valence-electron chi connectivity index (χ2n) is 4.57. The molecular weight excluding hydrogens is 236 g/mol. The molecule has 0 radical (unpaired) electrons. The fourth-order valence-corrected chi connectivity index (χ4v) is 2.37. The van der Waals surface area contributed by atoms with Crippen molar-refractivity contribution in [1.82, 2.24) is 0 Å². The van der Waals surface area contributed by atoms with Crippen LogP contribution >= 0.6 is 11.6 Å². The number of nitrogens with zero attached hydrogens (tertiary/aromatic N) is 1. The van der Waals surface area contributed by atoms with Crippen LogP contribution < -0.4 is 10.6 Å². The van der Waals surface area contributed by atoms with Crippen molar-refractivity contribution < 1.29 is 4.74 Å². The second kappa shape index (κ2) is 5.61. The lowest BCUT2D eigenvalue weighted by Gasteiger charge is -2.29. The number of rotatable bonds is 3. The molecule has 1 fully saturated rings. The standard InChI is InChI=1S/C13H19ClN2O/c1-16(9-11-4-2-3-7-17-11)13-8-10(14)5-6-12(13)15/h5-6,8,11H,2-4,7,9,15H2,1H3. The molecule has 1 aromatic rings. The van der Waals surface area contributed by atoms with Crippen LogP contribution in [0.1, 0.15) is 19.3 Å². The van der Waals surface area contributed by atoms with Gasteiger partial charge >= 0.3 is 0 Å². The van der Waals surface area contributed by atoms with Crippen molar-refractivity contribution in [2.75, 3.05) is 30.8 Å². The minimum Gasteiger partial charge on any atom is -0.397 e. The average Bonchev–Trinajstić information content (AvgIpc) is 2.33. The highest BCUT2D eigenvalue weighted by Crippen LogP contribution is 2.27. The van der Waals surface area contributed by atoms with Gasteiger partial charge in [-0.2, -0.15) is 0 Å². The molecule has 1 aliphatic heterocycles. The molecular formula is C13H19ClN2O. The monoisotopic (exact) mass is 254 g/mol. The Kier molecular flexibility index (Phi) is 4.13. The molecule has 1 aromatic carbocycles. The lowest BCUT2D eigenvalue weighted by atomic mass is 10.1. The van der Waals surface area contributed by atoms with E-state index < -0.39 is 0 Å². The van der Waals surface area contributed by atoms with E-state index in [9.17, 15) is 0 Å². The van der Waals surface area contributed by atoms with Gasteiger partial charge in [0.05, 0.1) is 17.5 Å². The van der Waals surface area contributed by atoms with Crippen molar-refractivity contribution in [1.29, 1.82) is 0 Å². The van der Waals surface area contributed by atoms with Gasteiger partial charge < -0.3 is 15.4 Å². The number of nitrogens with two attached hydrogens (primary N) is 1. The third-order valence-electron chi connectivity index (χ3n) is 3.16. The third kappa shape index (κ3) is 3.27. The molecule has 1 atom stereocenters. The van der Waals surface area contributed by atoms with Crippen molar-refractivity contribution in [3.63, 3.8) is 0 Å². The predicted molar refractivity (Wildman–Crippen MR) is 72.7 cm³/mol. The molecule has 0 aromatic heterocycles. The molecule has 94 valence electrons. The Morgan fingerprint density at radius 2 is 2.29 bits per heavy atom. The minimum absolute atomic E-state index is 0.312. The van der Waals surface area contributed by atoms with Gasteiger partial charge in [0.15, 0.2) is 0 Å². The number of benzene rings is 1. The average molecular weight is 255 g/mol. The van der Waals surface area contributed by atoms with Crippen molar-refractivity contribution in [3.8, 4) is 0 Å². The van der Waals surface area contributed by atoms with Crippen LogP contribution in [-0.4, -0.2) is 26.3 Å². The predicted octanol–water partition coefficient (Wildman–Crippen LogP) is 2.93. The van der Waals surface area contributed by atoms with Crippen LogP contribution in [0.25, 0.3) is 0 Å². The van der Waals surface area contributed by atoms with Gasteiger partial charge in [0.25, 0.3) is 0 Å². The van der Waals surface area contributed by atoms with Crippen LogP contribution in [0.5, 0.6) is 0 Å². The number of likely N-dealkylation sites (N-methyl/N-ethyl adjacent to an activating group) is 1. The highest BCUT2D eigenvalue weighted by atomic mass is 35.5. The molecule has 3 nitrogen and oxygen atoms in total. The van der Waals surface area contributed by atoms with Crippen LogP contribution in [0.3, 0.4) is 0 Å². The summed E-state index contributed by atoms with van der Waals surface area (Å²) in [4.78, 5) is 2.12. The van der Waals surface area contributed by atoms with E-state index in [2.05, 4.69) is 4.90 Å². The van der Waals surface area contributed by atoms with Crippen molar-refractivity contribution in [2.24, 2.45) is 0 Å². The normalized spacial score (nSPS) is 20.2. The molecule has 2 rings (SSSR count). The molecule has 4 heteroatoms. The van der Waals surface area contributed by atoms with E-state index in [1.165, 1.54) is 12.8 Å². The molecule has 0 spiro atoms. The van der Waals surface area contributed by atoms with Crippen LogP contribution in [0.2, 0.25) is 5.02 Å². The lowest BCUT2D eigenvalue weighted by molar-refractivity contribution is 0.0216. The number of anilines is 2. The summed E-state index contributed by atoms with van der Waals surface area (Å²) in [5.41, 5.74) is 7.69. The van der Waals surface area contributed by atoms with Crippen molar-refractivity contribution in [3.05, 3.63) is 23.2 Å². The number of halogens is 1. The summed E-state index contributed by atoms with van der Waals surface area (Å²) < 4.78 is 5.72. The lowest BCUT2D eigenvalue weighted by Crippen LogP contribution is -2.33. The van der Waals surface area contributed by atoms with Gasteiger partial charge in [0.1, 0.15) is 0 Å².